The second kappa shape index (κ2) is 10.4. The molecule has 0 aliphatic carbocycles. The van der Waals surface area contributed by atoms with Gasteiger partial charge in [-0.05, 0) is 36.8 Å². The van der Waals surface area contributed by atoms with Crippen LogP contribution in [0.25, 0.3) is 0 Å². The van der Waals surface area contributed by atoms with Crippen LogP contribution in [0, 0.1) is 11.8 Å². The van der Waals surface area contributed by atoms with E-state index in [0.717, 1.165) is 4.90 Å². The van der Waals surface area contributed by atoms with Crippen LogP contribution < -0.4 is 5.32 Å². The first-order valence-electron chi connectivity index (χ1n) is 9.04. The third-order valence-corrected chi connectivity index (χ3v) is 3.98. The molecule has 1 aromatic carbocycles. The van der Waals surface area contributed by atoms with Crippen molar-refractivity contribution in [1.82, 2.24) is 10.2 Å². The second-order valence-electron chi connectivity index (χ2n) is 7.34. The number of nitrogens with zero attached hydrogens (tertiary/aromatic N) is 1. The van der Waals surface area contributed by atoms with Gasteiger partial charge in [0.1, 0.15) is 12.3 Å². The number of hydrogen-bond donors (Lipinski definition) is 2. The van der Waals surface area contributed by atoms with Crippen LogP contribution in [0.15, 0.2) is 30.3 Å². The molecule has 0 bridgehead atoms. The van der Waals surface area contributed by atoms with Crippen molar-refractivity contribution in [1.29, 1.82) is 0 Å². The van der Waals surface area contributed by atoms with Gasteiger partial charge in [-0.1, -0.05) is 45.9 Å². The van der Waals surface area contributed by atoms with E-state index in [1.54, 1.807) is 30.3 Å². The molecule has 0 fully saturated rings. The summed E-state index contributed by atoms with van der Waals surface area (Å²) in [4.78, 5) is 49.9. The second-order valence-corrected chi connectivity index (χ2v) is 7.34. The lowest BCUT2D eigenvalue weighted by molar-refractivity contribution is -0.135. The molecule has 0 heterocycles. The molecule has 0 unspecified atom stereocenters. The zero-order valence-electron chi connectivity index (χ0n) is 16.2. The molecule has 0 aliphatic heterocycles. The lowest BCUT2D eigenvalue weighted by Crippen LogP contribution is -2.55. The molecule has 0 saturated heterocycles. The van der Waals surface area contributed by atoms with Crippen molar-refractivity contribution in [2.75, 3.05) is 0 Å². The molecule has 0 radical (unpaired) electrons. The van der Waals surface area contributed by atoms with Gasteiger partial charge in [-0.25, -0.2) is 4.79 Å². The summed E-state index contributed by atoms with van der Waals surface area (Å²) in [5.74, 6) is -1.24. The summed E-state index contributed by atoms with van der Waals surface area (Å²) in [5, 5.41) is 11.3. The van der Waals surface area contributed by atoms with Crippen molar-refractivity contribution >= 4 is 24.2 Å². The Morgan fingerprint density at radius 1 is 1.04 bits per heavy atom. The van der Waals surface area contributed by atoms with Crippen LogP contribution in [0.2, 0.25) is 0 Å². The molecule has 1 rings (SSSR count). The number of carbonyl (C=O) groups excluding carboxylic acids is 3. The van der Waals surface area contributed by atoms with Gasteiger partial charge in [0.05, 0.1) is 6.04 Å². The predicted molar refractivity (Wildman–Crippen MR) is 101 cm³/mol. The molecular weight excluding hydrogens is 348 g/mol. The molecule has 7 nitrogen and oxygen atoms in total. The fraction of sp³-hybridized carbons (Fsp3) is 0.500. The molecule has 27 heavy (non-hydrogen) atoms. The van der Waals surface area contributed by atoms with Gasteiger partial charge in [0.25, 0.3) is 11.8 Å². The number of imide groups is 1. The summed E-state index contributed by atoms with van der Waals surface area (Å²) in [7, 11) is 0. The number of nitrogens with one attached hydrogen (secondary N) is 1. The normalized spacial score (nSPS) is 13.1. The molecule has 2 atom stereocenters. The summed E-state index contributed by atoms with van der Waals surface area (Å²) in [6.45, 7) is 7.46. The molecule has 0 saturated carbocycles. The Hall–Kier alpha value is -2.70. The minimum atomic E-state index is -1.35. The summed E-state index contributed by atoms with van der Waals surface area (Å²) in [6, 6.07) is 6.11. The van der Waals surface area contributed by atoms with Gasteiger partial charge in [0.15, 0.2) is 0 Å². The standard InChI is InChI=1S/C20H28N2O5/c1-13(2)10-16(12-23)22(18(24)15-8-6-5-7-9-15)19(25)17(11-14(3)4)21-20(26)27/h5-9,12-14,16-17,21H,10-11H2,1-4H3,(H,26,27)/t16-,17-/m0/s1. The monoisotopic (exact) mass is 376 g/mol. The molecule has 2 N–H and O–H groups in total. The van der Waals surface area contributed by atoms with Gasteiger partial charge in [-0.2, -0.15) is 0 Å². The average molecular weight is 376 g/mol. The number of aldehydes is 1. The number of carboxylic acid groups (broad SMARTS) is 1. The highest BCUT2D eigenvalue weighted by Gasteiger charge is 2.36. The van der Waals surface area contributed by atoms with Gasteiger partial charge >= 0.3 is 6.09 Å². The number of rotatable bonds is 9. The minimum Gasteiger partial charge on any atom is -0.465 e. The molecular formula is C20H28N2O5. The van der Waals surface area contributed by atoms with E-state index in [1.807, 2.05) is 27.7 Å². The molecule has 148 valence electrons. The number of carbonyl (C=O) groups is 4. The summed E-state index contributed by atoms with van der Waals surface area (Å²) in [6.07, 6.45) is -0.259. The van der Waals surface area contributed by atoms with Crippen LogP contribution in [0.4, 0.5) is 4.79 Å². The first-order valence-corrected chi connectivity index (χ1v) is 9.04. The van der Waals surface area contributed by atoms with Crippen LogP contribution in [-0.2, 0) is 9.59 Å². The van der Waals surface area contributed by atoms with Gasteiger partial charge in [0.2, 0.25) is 0 Å². The van der Waals surface area contributed by atoms with Gasteiger partial charge in [-0.15, -0.1) is 0 Å². The Kier molecular flexibility index (Phi) is 8.65. The number of amides is 3. The van der Waals surface area contributed by atoms with Crippen molar-refractivity contribution < 1.29 is 24.3 Å². The van der Waals surface area contributed by atoms with Crippen molar-refractivity contribution in [3.8, 4) is 0 Å². The Labute approximate surface area is 159 Å². The minimum absolute atomic E-state index is 0.0132. The predicted octanol–water partition coefficient (Wildman–Crippen LogP) is 2.95. The summed E-state index contributed by atoms with van der Waals surface area (Å²) < 4.78 is 0. The van der Waals surface area contributed by atoms with Crippen molar-refractivity contribution in [3.05, 3.63) is 35.9 Å². The first kappa shape index (κ1) is 22.3. The van der Waals surface area contributed by atoms with Crippen molar-refractivity contribution in [3.63, 3.8) is 0 Å². The van der Waals surface area contributed by atoms with Gasteiger partial charge < -0.3 is 15.2 Å². The fourth-order valence-electron chi connectivity index (χ4n) is 2.85. The maximum Gasteiger partial charge on any atom is 0.405 e. The van der Waals surface area contributed by atoms with E-state index in [0.29, 0.717) is 12.7 Å². The lowest BCUT2D eigenvalue weighted by atomic mass is 9.98. The van der Waals surface area contributed by atoms with E-state index in [-0.39, 0.29) is 23.8 Å². The lowest BCUT2D eigenvalue weighted by Gasteiger charge is -2.31. The average Bonchev–Trinajstić information content (AvgIpc) is 2.59. The largest absolute Gasteiger partial charge is 0.465 e. The third kappa shape index (κ3) is 6.84. The highest BCUT2D eigenvalue weighted by molar-refractivity contribution is 6.08. The van der Waals surface area contributed by atoms with Crippen molar-refractivity contribution in [2.24, 2.45) is 11.8 Å². The summed E-state index contributed by atoms with van der Waals surface area (Å²) >= 11 is 0. The topological polar surface area (TPSA) is 104 Å². The third-order valence-electron chi connectivity index (χ3n) is 3.98. The number of hydrogen-bond acceptors (Lipinski definition) is 4. The van der Waals surface area contributed by atoms with Crippen LogP contribution in [0.1, 0.15) is 50.9 Å². The quantitative estimate of drug-likeness (QED) is 0.645. The maximum atomic E-state index is 13.1. The Morgan fingerprint density at radius 2 is 1.59 bits per heavy atom. The van der Waals surface area contributed by atoms with Crippen LogP contribution in [0.5, 0.6) is 0 Å². The number of benzene rings is 1. The zero-order chi connectivity index (χ0) is 20.6. The molecule has 0 aromatic heterocycles. The summed E-state index contributed by atoms with van der Waals surface area (Å²) in [5.41, 5.74) is 0.264. The molecule has 7 heteroatoms. The zero-order valence-corrected chi connectivity index (χ0v) is 16.2. The first-order chi connectivity index (χ1) is 12.7. The molecule has 1 aromatic rings. The smallest absolute Gasteiger partial charge is 0.405 e. The Morgan fingerprint density at radius 3 is 2.04 bits per heavy atom. The molecule has 3 amide bonds. The van der Waals surface area contributed by atoms with Crippen LogP contribution in [0.3, 0.4) is 0 Å². The highest BCUT2D eigenvalue weighted by atomic mass is 16.4. The van der Waals surface area contributed by atoms with E-state index in [2.05, 4.69) is 5.32 Å². The van der Waals surface area contributed by atoms with E-state index in [1.165, 1.54) is 0 Å². The maximum absolute atomic E-state index is 13.1. The Balaban J connectivity index is 3.31. The van der Waals surface area contributed by atoms with Crippen LogP contribution in [-0.4, -0.2) is 46.3 Å². The van der Waals surface area contributed by atoms with E-state index >= 15 is 0 Å². The highest BCUT2D eigenvalue weighted by Crippen LogP contribution is 2.18. The Bertz CT molecular complexity index is 658. The van der Waals surface area contributed by atoms with E-state index in [9.17, 15) is 19.2 Å². The van der Waals surface area contributed by atoms with Gasteiger partial charge in [0, 0.05) is 5.56 Å². The van der Waals surface area contributed by atoms with Crippen molar-refractivity contribution in [2.45, 2.75) is 52.6 Å². The van der Waals surface area contributed by atoms with Crippen LogP contribution >= 0.6 is 0 Å². The van der Waals surface area contributed by atoms with E-state index < -0.39 is 30.0 Å². The van der Waals surface area contributed by atoms with E-state index in [4.69, 9.17) is 5.11 Å². The SMILES string of the molecule is CC(C)C[C@H](NC(=O)O)C(=O)N(C(=O)c1ccccc1)[C@H](C=O)CC(C)C. The molecule has 0 spiro atoms. The fourth-order valence-corrected chi connectivity index (χ4v) is 2.85. The molecule has 0 aliphatic rings. The van der Waals surface area contributed by atoms with Gasteiger partial charge in [-0.3, -0.25) is 14.5 Å².